The van der Waals surface area contributed by atoms with E-state index >= 15 is 0 Å². The molecule has 2 aromatic carbocycles. The Hall–Kier alpha value is -2.55. The third-order valence-electron chi connectivity index (χ3n) is 4.37. The van der Waals surface area contributed by atoms with Crippen molar-refractivity contribution in [3.05, 3.63) is 77.8 Å². The third kappa shape index (κ3) is 4.05. The highest BCUT2D eigenvalue weighted by Crippen LogP contribution is 2.21. The van der Waals surface area contributed by atoms with E-state index in [-0.39, 0.29) is 5.91 Å². The fourth-order valence-electron chi connectivity index (χ4n) is 2.89. The number of aryl methyl sites for hydroxylation is 1. The standard InChI is InChI=1S/C21H23N2O/c1-16(21(24)22-14-13-17-7-3-2-4-8-17)11-12-18-15-23-20-10-6-5-9-19(18)20/h2-10,15,23H,11-14H2,1H3,(H,22,24). The van der Waals surface area contributed by atoms with Crippen LogP contribution >= 0.6 is 0 Å². The van der Waals surface area contributed by atoms with Crippen molar-refractivity contribution in [2.24, 2.45) is 0 Å². The van der Waals surface area contributed by atoms with E-state index < -0.39 is 0 Å². The van der Waals surface area contributed by atoms with E-state index in [9.17, 15) is 4.79 Å². The van der Waals surface area contributed by atoms with E-state index in [1.165, 1.54) is 16.5 Å². The molecule has 0 spiro atoms. The largest absolute Gasteiger partial charge is 0.361 e. The van der Waals surface area contributed by atoms with Gasteiger partial charge in [0.2, 0.25) is 5.91 Å². The van der Waals surface area contributed by atoms with Gasteiger partial charge < -0.3 is 10.3 Å². The summed E-state index contributed by atoms with van der Waals surface area (Å²) in [6.45, 7) is 2.60. The van der Waals surface area contributed by atoms with Crippen LogP contribution < -0.4 is 5.32 Å². The summed E-state index contributed by atoms with van der Waals surface area (Å²) in [7, 11) is 0. The summed E-state index contributed by atoms with van der Waals surface area (Å²) in [6, 6.07) is 18.5. The quantitative estimate of drug-likeness (QED) is 0.678. The Balaban J connectivity index is 1.46. The molecule has 1 radical (unpaired) electrons. The van der Waals surface area contributed by atoms with Crippen LogP contribution in [0.1, 0.15) is 24.5 Å². The predicted octanol–water partition coefficient (Wildman–Crippen LogP) is 4.05. The van der Waals surface area contributed by atoms with Crippen LogP contribution in [0, 0.1) is 5.92 Å². The highest BCUT2D eigenvalue weighted by Gasteiger charge is 2.14. The van der Waals surface area contributed by atoms with E-state index in [1.807, 2.05) is 43.5 Å². The maximum absolute atomic E-state index is 12.2. The summed E-state index contributed by atoms with van der Waals surface area (Å²) in [5, 5.41) is 4.26. The lowest BCUT2D eigenvalue weighted by Gasteiger charge is -2.11. The van der Waals surface area contributed by atoms with Crippen molar-refractivity contribution in [3.63, 3.8) is 0 Å². The predicted molar refractivity (Wildman–Crippen MR) is 98.7 cm³/mol. The minimum absolute atomic E-state index is 0.0609. The maximum atomic E-state index is 12.2. The Kier molecular flexibility index (Phi) is 5.32. The van der Waals surface area contributed by atoms with Crippen LogP contribution in [-0.2, 0) is 17.6 Å². The first-order chi connectivity index (χ1) is 11.7. The molecule has 0 unspecified atom stereocenters. The van der Waals surface area contributed by atoms with E-state index in [0.29, 0.717) is 6.54 Å². The van der Waals surface area contributed by atoms with Gasteiger partial charge in [-0.05, 0) is 43.4 Å². The zero-order valence-corrected chi connectivity index (χ0v) is 14.0. The lowest BCUT2D eigenvalue weighted by molar-refractivity contribution is -0.119. The highest BCUT2D eigenvalue weighted by molar-refractivity contribution is 5.89. The van der Waals surface area contributed by atoms with Crippen LogP contribution in [0.2, 0.25) is 0 Å². The summed E-state index contributed by atoms with van der Waals surface area (Å²) in [6.07, 6.45) is 4.56. The molecular formula is C21H23N2O. The molecule has 0 fully saturated rings. The van der Waals surface area contributed by atoms with Gasteiger partial charge in [-0.25, -0.2) is 0 Å². The highest BCUT2D eigenvalue weighted by atomic mass is 16.1. The number of nitrogens with one attached hydrogen (secondary N) is 2. The molecule has 1 heterocycles. The van der Waals surface area contributed by atoms with Crippen molar-refractivity contribution >= 4 is 16.8 Å². The molecule has 1 amide bonds. The SMILES string of the molecule is C[C](CCc1c[nH]c2ccccc12)C(=O)NCCc1ccccc1. The second kappa shape index (κ2) is 7.82. The molecule has 0 atom stereocenters. The van der Waals surface area contributed by atoms with Crippen LogP contribution in [-0.4, -0.2) is 17.4 Å². The minimum atomic E-state index is 0.0609. The zero-order valence-electron chi connectivity index (χ0n) is 14.0. The first-order valence-corrected chi connectivity index (χ1v) is 8.43. The van der Waals surface area contributed by atoms with Gasteiger partial charge in [-0.3, -0.25) is 4.79 Å². The Morgan fingerprint density at radius 3 is 2.58 bits per heavy atom. The fraction of sp³-hybridized carbons (Fsp3) is 0.238. The number of carbonyl (C=O) groups is 1. The zero-order chi connectivity index (χ0) is 16.8. The van der Waals surface area contributed by atoms with Crippen molar-refractivity contribution in [1.29, 1.82) is 0 Å². The Labute approximate surface area is 143 Å². The van der Waals surface area contributed by atoms with Crippen LogP contribution in [0.15, 0.2) is 60.8 Å². The normalized spacial score (nSPS) is 11.1. The second-order valence-electron chi connectivity index (χ2n) is 6.13. The lowest BCUT2D eigenvalue weighted by atomic mass is 10.00. The molecule has 0 bridgehead atoms. The average molecular weight is 319 g/mol. The van der Waals surface area contributed by atoms with Gasteiger partial charge in [0.15, 0.2) is 0 Å². The fourth-order valence-corrected chi connectivity index (χ4v) is 2.89. The van der Waals surface area contributed by atoms with Crippen LogP contribution in [0.4, 0.5) is 0 Å². The van der Waals surface area contributed by atoms with Crippen molar-refractivity contribution in [3.8, 4) is 0 Å². The lowest BCUT2D eigenvalue weighted by Crippen LogP contribution is -2.30. The van der Waals surface area contributed by atoms with Crippen molar-refractivity contribution < 1.29 is 4.79 Å². The Morgan fingerprint density at radius 1 is 1.00 bits per heavy atom. The van der Waals surface area contributed by atoms with Crippen LogP contribution in [0.25, 0.3) is 10.9 Å². The first-order valence-electron chi connectivity index (χ1n) is 8.43. The molecule has 0 aliphatic heterocycles. The number of H-pyrrole nitrogens is 1. The minimum Gasteiger partial charge on any atom is -0.361 e. The summed E-state index contributed by atoms with van der Waals surface area (Å²) in [5.74, 6) is 0.944. The molecule has 2 N–H and O–H groups in total. The molecule has 3 aromatic rings. The Bertz CT molecular complexity index is 792. The van der Waals surface area contributed by atoms with Gasteiger partial charge >= 0.3 is 0 Å². The molecule has 0 saturated heterocycles. The molecule has 0 saturated carbocycles. The smallest absolute Gasteiger partial charge is 0.227 e. The maximum Gasteiger partial charge on any atom is 0.227 e. The van der Waals surface area contributed by atoms with Gasteiger partial charge in [0.25, 0.3) is 0 Å². The third-order valence-corrected chi connectivity index (χ3v) is 4.37. The van der Waals surface area contributed by atoms with Crippen molar-refractivity contribution in [1.82, 2.24) is 10.3 Å². The van der Waals surface area contributed by atoms with Gasteiger partial charge in [-0.1, -0.05) is 48.5 Å². The molecule has 0 aliphatic carbocycles. The van der Waals surface area contributed by atoms with E-state index in [0.717, 1.165) is 30.7 Å². The van der Waals surface area contributed by atoms with Gasteiger partial charge in [0.05, 0.1) is 5.92 Å². The van der Waals surface area contributed by atoms with Gasteiger partial charge in [-0.2, -0.15) is 0 Å². The van der Waals surface area contributed by atoms with Gasteiger partial charge in [0.1, 0.15) is 0 Å². The van der Waals surface area contributed by atoms with E-state index in [2.05, 4.69) is 34.6 Å². The first kappa shape index (κ1) is 16.3. The van der Waals surface area contributed by atoms with Crippen LogP contribution in [0.5, 0.6) is 0 Å². The molecule has 0 aliphatic rings. The van der Waals surface area contributed by atoms with Gasteiger partial charge in [0, 0.05) is 23.6 Å². The molecule has 123 valence electrons. The topological polar surface area (TPSA) is 44.9 Å². The number of carbonyl (C=O) groups excluding carboxylic acids is 1. The number of aromatic nitrogens is 1. The van der Waals surface area contributed by atoms with E-state index in [4.69, 9.17) is 0 Å². The molecule has 1 aromatic heterocycles. The monoisotopic (exact) mass is 319 g/mol. The molecule has 3 rings (SSSR count). The molecule has 3 nitrogen and oxygen atoms in total. The summed E-state index contributed by atoms with van der Waals surface area (Å²) in [4.78, 5) is 15.5. The second-order valence-corrected chi connectivity index (χ2v) is 6.13. The number of hydrogen-bond donors (Lipinski definition) is 2. The molecule has 24 heavy (non-hydrogen) atoms. The van der Waals surface area contributed by atoms with Gasteiger partial charge in [-0.15, -0.1) is 0 Å². The summed E-state index contributed by atoms with van der Waals surface area (Å²) >= 11 is 0. The number of fused-ring (bicyclic) bond motifs is 1. The van der Waals surface area contributed by atoms with Crippen LogP contribution in [0.3, 0.4) is 0 Å². The van der Waals surface area contributed by atoms with Crippen molar-refractivity contribution in [2.45, 2.75) is 26.2 Å². The number of aromatic amines is 1. The van der Waals surface area contributed by atoms with E-state index in [1.54, 1.807) is 0 Å². The number of amides is 1. The average Bonchev–Trinajstić information content (AvgIpc) is 3.03. The number of rotatable bonds is 7. The summed E-state index contributed by atoms with van der Waals surface area (Å²) < 4.78 is 0. The molecular weight excluding hydrogens is 296 g/mol. The summed E-state index contributed by atoms with van der Waals surface area (Å²) in [5.41, 5.74) is 3.66. The number of para-hydroxylation sites is 1. The number of benzene rings is 2. The van der Waals surface area contributed by atoms with Crippen molar-refractivity contribution in [2.75, 3.05) is 6.54 Å². The molecule has 3 heteroatoms. The number of hydrogen-bond acceptors (Lipinski definition) is 1. The Morgan fingerprint density at radius 2 is 1.75 bits per heavy atom.